The fraction of sp³-hybridized carbons (Fsp3) is 0.632. The van der Waals surface area contributed by atoms with Crippen molar-refractivity contribution in [3.05, 3.63) is 67.3 Å². The van der Waals surface area contributed by atoms with E-state index in [2.05, 4.69) is 77.8 Å². The van der Waals surface area contributed by atoms with Crippen molar-refractivity contribution in [2.24, 2.45) is 0 Å². The highest BCUT2D eigenvalue weighted by Gasteiger charge is 2.43. The number of hydrogen-bond acceptors (Lipinski definition) is 5. The topological polar surface area (TPSA) is 117 Å². The molecule has 2 N–H and O–H groups in total. The van der Waals surface area contributed by atoms with Crippen LogP contribution in [0.25, 0.3) is 0 Å². The molecule has 0 spiro atoms. The van der Waals surface area contributed by atoms with Crippen LogP contribution in [0.3, 0.4) is 0 Å². The maximum atomic E-state index is 13.2. The van der Waals surface area contributed by atoms with Gasteiger partial charge in [0.2, 0.25) is 12.2 Å². The summed E-state index contributed by atoms with van der Waals surface area (Å²) in [5.74, 6) is 0.313. The van der Waals surface area contributed by atoms with Crippen molar-refractivity contribution in [2.45, 2.75) is 146 Å². The number of benzene rings is 1. The SMILES string of the molecule is CCC(CC(CC(CC(C)n1cc[n+](CC(=O)NC2CC(C)(C)N(C)C(C)(C)C2)c1)c1ccc(S(=O)O)cc1)N1CCCC1=O)n1ccnc1. The first-order chi connectivity index (χ1) is 23.7. The number of carbonyl (C=O) groups excluding carboxylic acids is 2. The molecule has 5 atom stereocenters. The molecular formula is C38H58N7O4S+. The van der Waals surface area contributed by atoms with E-state index < -0.39 is 11.1 Å². The highest BCUT2D eigenvalue weighted by atomic mass is 32.2. The normalized spacial score (nSPS) is 21.1. The van der Waals surface area contributed by atoms with Crippen molar-refractivity contribution in [3.63, 3.8) is 0 Å². The van der Waals surface area contributed by atoms with Gasteiger partial charge in [-0.2, -0.15) is 0 Å². The van der Waals surface area contributed by atoms with E-state index in [1.807, 2.05) is 47.9 Å². The van der Waals surface area contributed by atoms with E-state index in [-0.39, 0.29) is 59.5 Å². The molecule has 2 fully saturated rings. The minimum absolute atomic E-state index is 0.00432. The lowest BCUT2D eigenvalue weighted by atomic mass is 9.77. The number of rotatable bonds is 15. The van der Waals surface area contributed by atoms with E-state index in [0.29, 0.717) is 11.3 Å². The predicted molar refractivity (Wildman–Crippen MR) is 195 cm³/mol. The van der Waals surface area contributed by atoms with Crippen molar-refractivity contribution < 1.29 is 22.9 Å². The van der Waals surface area contributed by atoms with Gasteiger partial charge in [-0.3, -0.25) is 14.5 Å². The van der Waals surface area contributed by atoms with Gasteiger partial charge in [0.15, 0.2) is 17.6 Å². The van der Waals surface area contributed by atoms with Crippen LogP contribution in [0.15, 0.2) is 66.6 Å². The van der Waals surface area contributed by atoms with Crippen molar-refractivity contribution in [2.75, 3.05) is 13.6 Å². The maximum Gasteiger partial charge on any atom is 0.262 e. The lowest BCUT2D eigenvalue weighted by Gasteiger charge is -2.53. The highest BCUT2D eigenvalue weighted by molar-refractivity contribution is 7.79. The largest absolute Gasteiger partial charge is 0.350 e. The third-order valence-corrected chi connectivity index (χ3v) is 12.1. The molecule has 2 aliphatic heterocycles. The molecule has 5 rings (SSSR count). The zero-order valence-corrected chi connectivity index (χ0v) is 31.8. The number of aromatic nitrogens is 4. The molecule has 4 heterocycles. The van der Waals surface area contributed by atoms with E-state index in [1.54, 1.807) is 18.3 Å². The number of amides is 2. The molecule has 0 aliphatic carbocycles. The Kier molecular flexibility index (Phi) is 12.1. The number of piperidine rings is 1. The average Bonchev–Trinajstić information content (AvgIpc) is 3.84. The summed E-state index contributed by atoms with van der Waals surface area (Å²) in [4.78, 5) is 35.6. The lowest BCUT2D eigenvalue weighted by Crippen LogP contribution is -2.63. The van der Waals surface area contributed by atoms with E-state index in [1.165, 1.54) is 0 Å². The number of likely N-dealkylation sites (tertiary alicyclic amines) is 2. The summed E-state index contributed by atoms with van der Waals surface area (Å²) in [6.07, 6.45) is 18.3. The molecule has 2 aromatic heterocycles. The van der Waals surface area contributed by atoms with Gasteiger partial charge in [-0.15, -0.1) is 0 Å². The molecule has 0 bridgehead atoms. The Morgan fingerprint density at radius 3 is 2.34 bits per heavy atom. The molecule has 3 aromatic rings. The van der Waals surface area contributed by atoms with Crippen LogP contribution in [-0.2, 0) is 27.2 Å². The minimum Gasteiger partial charge on any atom is -0.350 e. The second-order valence-electron chi connectivity index (χ2n) is 15.9. The van der Waals surface area contributed by atoms with Gasteiger partial charge in [-0.05, 0) is 110 Å². The second-order valence-corrected chi connectivity index (χ2v) is 16.8. The highest BCUT2D eigenvalue weighted by Crippen LogP contribution is 2.38. The Hall–Kier alpha value is -3.35. The summed E-state index contributed by atoms with van der Waals surface area (Å²) >= 11 is -2.05. The van der Waals surface area contributed by atoms with Crippen LogP contribution in [0.4, 0.5) is 0 Å². The molecule has 0 saturated carbocycles. The number of imidazole rings is 2. The summed E-state index contributed by atoms with van der Waals surface area (Å²) < 4.78 is 27.7. The van der Waals surface area contributed by atoms with Crippen LogP contribution < -0.4 is 9.88 Å². The Balaban J connectivity index is 1.32. The quantitative estimate of drug-likeness (QED) is 0.160. The van der Waals surface area contributed by atoms with Gasteiger partial charge in [0.1, 0.15) is 12.4 Å². The summed E-state index contributed by atoms with van der Waals surface area (Å²) in [5, 5.41) is 3.31. The lowest BCUT2D eigenvalue weighted by molar-refractivity contribution is -0.684. The van der Waals surface area contributed by atoms with Gasteiger partial charge in [0, 0.05) is 54.6 Å². The van der Waals surface area contributed by atoms with E-state index in [9.17, 15) is 18.4 Å². The van der Waals surface area contributed by atoms with E-state index in [4.69, 9.17) is 0 Å². The van der Waals surface area contributed by atoms with Crippen LogP contribution in [0, 0.1) is 0 Å². The smallest absolute Gasteiger partial charge is 0.262 e. The number of nitrogens with one attached hydrogen (secondary N) is 1. The zero-order chi connectivity index (χ0) is 36.2. The van der Waals surface area contributed by atoms with Gasteiger partial charge >= 0.3 is 0 Å². The van der Waals surface area contributed by atoms with E-state index >= 15 is 0 Å². The molecule has 0 radical (unpaired) electrons. The van der Waals surface area contributed by atoms with Gasteiger partial charge < -0.3 is 19.3 Å². The first-order valence-corrected chi connectivity index (χ1v) is 19.3. The van der Waals surface area contributed by atoms with Gasteiger partial charge in [0.05, 0.1) is 17.3 Å². The molecule has 2 saturated heterocycles. The maximum absolute atomic E-state index is 13.2. The minimum atomic E-state index is -2.05. The van der Waals surface area contributed by atoms with Gasteiger partial charge in [0.25, 0.3) is 5.91 Å². The van der Waals surface area contributed by atoms with Gasteiger partial charge in [-0.1, -0.05) is 19.1 Å². The average molecular weight is 709 g/mol. The molecule has 2 aliphatic rings. The molecule has 50 heavy (non-hydrogen) atoms. The summed E-state index contributed by atoms with van der Waals surface area (Å²) in [6, 6.07) is 7.85. The summed E-state index contributed by atoms with van der Waals surface area (Å²) in [6.45, 7) is 14.3. The Morgan fingerprint density at radius 2 is 1.76 bits per heavy atom. The van der Waals surface area contributed by atoms with Crippen LogP contribution >= 0.6 is 0 Å². The number of hydrogen-bond donors (Lipinski definition) is 2. The molecule has 5 unspecified atom stereocenters. The zero-order valence-electron chi connectivity index (χ0n) is 31.0. The van der Waals surface area contributed by atoms with Crippen molar-refractivity contribution in [1.29, 1.82) is 0 Å². The Labute approximate surface area is 300 Å². The van der Waals surface area contributed by atoms with E-state index in [0.717, 1.165) is 57.1 Å². The van der Waals surface area contributed by atoms with Crippen molar-refractivity contribution >= 4 is 22.9 Å². The number of carbonyl (C=O) groups is 2. The standard InChI is InChI=1S/C38H57N7O4S/c1-8-32(43-17-15-39-26-43)22-33(45-16-9-10-36(45)47)21-30(29-11-13-34(14-12-29)50(48)49)20-28(2)44-19-18-42(27-44)25-35(46)40-31-23-37(3,4)41(7)38(5,6)24-31/h11-15,17-19,26-28,30-33H,8-10,16,20-25H2,1-7H3,(H-,40,46,48,49)/p+1. The van der Waals surface area contributed by atoms with Crippen LogP contribution in [0.1, 0.15) is 116 Å². The van der Waals surface area contributed by atoms with Crippen molar-refractivity contribution in [3.8, 4) is 0 Å². The number of nitrogens with zero attached hydrogens (tertiary/aromatic N) is 6. The van der Waals surface area contributed by atoms with Crippen LogP contribution in [0.2, 0.25) is 0 Å². The fourth-order valence-electron chi connectivity index (χ4n) is 8.47. The first kappa shape index (κ1) is 37.9. The molecule has 274 valence electrons. The summed E-state index contributed by atoms with van der Waals surface area (Å²) in [5.41, 5.74) is 1.08. The predicted octanol–water partition coefficient (Wildman–Crippen LogP) is 5.48. The van der Waals surface area contributed by atoms with Crippen LogP contribution in [-0.4, -0.2) is 81.2 Å². The first-order valence-electron chi connectivity index (χ1n) is 18.2. The molecule has 12 heteroatoms. The molecular weight excluding hydrogens is 651 g/mol. The summed E-state index contributed by atoms with van der Waals surface area (Å²) in [7, 11) is 2.17. The second kappa shape index (κ2) is 15.9. The fourth-order valence-corrected chi connectivity index (χ4v) is 8.84. The van der Waals surface area contributed by atoms with Crippen LogP contribution in [0.5, 0.6) is 0 Å². The molecule has 1 aromatic carbocycles. The molecule has 11 nitrogen and oxygen atoms in total. The monoisotopic (exact) mass is 708 g/mol. The van der Waals surface area contributed by atoms with Crippen molar-refractivity contribution in [1.82, 2.24) is 29.2 Å². The third kappa shape index (κ3) is 9.11. The third-order valence-electron chi connectivity index (χ3n) is 11.5. The Bertz CT molecular complexity index is 1580. The van der Waals surface area contributed by atoms with Gasteiger partial charge in [-0.25, -0.2) is 18.3 Å². The Morgan fingerprint density at radius 1 is 1.06 bits per heavy atom. The molecule has 2 amide bonds.